The zero-order chi connectivity index (χ0) is 12.5. The molecule has 17 heavy (non-hydrogen) atoms. The van der Waals surface area contributed by atoms with Crippen LogP contribution in [-0.4, -0.2) is 23.9 Å². The molecule has 94 valence electrons. The van der Waals surface area contributed by atoms with Crippen LogP contribution in [0.4, 0.5) is 5.69 Å². The summed E-state index contributed by atoms with van der Waals surface area (Å²) < 4.78 is 5.40. The minimum absolute atomic E-state index is 0.0431. The van der Waals surface area contributed by atoms with E-state index in [2.05, 4.69) is 19.2 Å². The lowest BCUT2D eigenvalue weighted by atomic mass is 9.64. The quantitative estimate of drug-likeness (QED) is 0.843. The highest BCUT2D eigenvalue weighted by molar-refractivity contribution is 5.48. The summed E-state index contributed by atoms with van der Waals surface area (Å²) in [5, 5.41) is 13.1. The number of hydrogen-bond acceptors (Lipinski definition) is 3. The molecule has 0 aliphatic heterocycles. The Morgan fingerprint density at radius 2 is 2.00 bits per heavy atom. The fourth-order valence-corrected chi connectivity index (χ4v) is 2.16. The van der Waals surface area contributed by atoms with Crippen LogP contribution in [0.1, 0.15) is 27.2 Å². The molecule has 1 aliphatic rings. The highest BCUT2D eigenvalue weighted by Gasteiger charge is 2.47. The Labute approximate surface area is 103 Å². The zero-order valence-electron chi connectivity index (χ0n) is 10.7. The Hall–Kier alpha value is -1.22. The van der Waals surface area contributed by atoms with Crippen molar-refractivity contribution >= 4 is 5.69 Å². The molecule has 0 radical (unpaired) electrons. The normalized spacial score (nSPS) is 26.1. The average molecular weight is 235 g/mol. The van der Waals surface area contributed by atoms with Crippen LogP contribution in [0, 0.1) is 5.41 Å². The third kappa shape index (κ3) is 2.39. The number of hydrogen-bond donors (Lipinski definition) is 2. The van der Waals surface area contributed by atoms with E-state index < -0.39 is 0 Å². The predicted molar refractivity (Wildman–Crippen MR) is 69.4 cm³/mol. The molecule has 2 atom stereocenters. The van der Waals surface area contributed by atoms with Crippen molar-refractivity contribution in [3.8, 4) is 5.75 Å². The molecule has 0 aromatic heterocycles. The van der Waals surface area contributed by atoms with Gasteiger partial charge in [-0.3, -0.25) is 0 Å². The van der Waals surface area contributed by atoms with E-state index in [0.29, 0.717) is 12.6 Å². The van der Waals surface area contributed by atoms with Crippen molar-refractivity contribution in [1.82, 2.24) is 0 Å². The number of benzene rings is 1. The molecule has 3 nitrogen and oxygen atoms in total. The van der Waals surface area contributed by atoms with E-state index in [1.54, 1.807) is 0 Å². The van der Waals surface area contributed by atoms with Gasteiger partial charge in [-0.05, 0) is 37.6 Å². The Bertz CT molecular complexity index is 372. The van der Waals surface area contributed by atoms with Crippen molar-refractivity contribution in [2.24, 2.45) is 5.41 Å². The first-order valence-corrected chi connectivity index (χ1v) is 6.21. The first-order chi connectivity index (χ1) is 8.04. The molecule has 0 heterocycles. The van der Waals surface area contributed by atoms with Crippen molar-refractivity contribution in [2.45, 2.75) is 39.3 Å². The fraction of sp³-hybridized carbons (Fsp3) is 0.571. The summed E-state index contributed by atoms with van der Waals surface area (Å²) in [5.74, 6) is 0.894. The molecular formula is C14H21NO2. The van der Waals surface area contributed by atoms with Crippen molar-refractivity contribution in [3.63, 3.8) is 0 Å². The lowest BCUT2D eigenvalue weighted by Crippen LogP contribution is -2.56. The molecular weight excluding hydrogens is 214 g/mol. The van der Waals surface area contributed by atoms with E-state index in [9.17, 15) is 5.11 Å². The number of nitrogens with one attached hydrogen (secondary N) is 1. The van der Waals surface area contributed by atoms with Crippen molar-refractivity contribution in [2.75, 3.05) is 11.9 Å². The Morgan fingerprint density at radius 1 is 1.35 bits per heavy atom. The molecule has 2 rings (SSSR count). The third-order valence-electron chi connectivity index (χ3n) is 3.72. The van der Waals surface area contributed by atoms with Gasteiger partial charge in [-0.25, -0.2) is 0 Å². The molecule has 2 N–H and O–H groups in total. The lowest BCUT2D eigenvalue weighted by Gasteiger charge is -2.49. The first kappa shape index (κ1) is 12.2. The molecule has 1 aromatic rings. The Kier molecular flexibility index (Phi) is 3.29. The number of rotatable bonds is 4. The van der Waals surface area contributed by atoms with E-state index in [1.807, 2.05) is 31.2 Å². The van der Waals surface area contributed by atoms with Crippen LogP contribution in [0.25, 0.3) is 0 Å². The maximum absolute atomic E-state index is 9.68. The molecule has 1 saturated carbocycles. The molecule has 0 amide bonds. The maximum atomic E-state index is 9.68. The first-order valence-electron chi connectivity index (χ1n) is 6.21. The number of anilines is 1. The largest absolute Gasteiger partial charge is 0.494 e. The lowest BCUT2D eigenvalue weighted by molar-refractivity contribution is -0.0510. The second-order valence-electron chi connectivity index (χ2n) is 5.23. The SMILES string of the molecule is CCOc1ccc(NC2CC(O)C2(C)C)cc1. The minimum Gasteiger partial charge on any atom is -0.494 e. The van der Waals surface area contributed by atoms with Crippen LogP contribution >= 0.6 is 0 Å². The summed E-state index contributed by atoms with van der Waals surface area (Å²) in [6.07, 6.45) is 0.628. The topological polar surface area (TPSA) is 41.5 Å². The van der Waals surface area contributed by atoms with Gasteiger partial charge in [-0.2, -0.15) is 0 Å². The van der Waals surface area contributed by atoms with Gasteiger partial charge in [0, 0.05) is 17.1 Å². The molecule has 0 bridgehead atoms. The molecule has 0 saturated heterocycles. The molecule has 1 fully saturated rings. The summed E-state index contributed by atoms with van der Waals surface area (Å²) in [4.78, 5) is 0. The molecule has 3 heteroatoms. The van der Waals surface area contributed by atoms with Crippen LogP contribution < -0.4 is 10.1 Å². The molecule has 2 unspecified atom stereocenters. The highest BCUT2D eigenvalue weighted by atomic mass is 16.5. The van der Waals surface area contributed by atoms with Crippen molar-refractivity contribution < 1.29 is 9.84 Å². The standard InChI is InChI=1S/C14H21NO2/c1-4-17-11-7-5-10(6-8-11)15-12-9-13(16)14(12,2)3/h5-8,12-13,15-16H,4,9H2,1-3H3. The maximum Gasteiger partial charge on any atom is 0.119 e. The number of aliphatic hydroxyl groups is 1. The van der Waals surface area contributed by atoms with Crippen LogP contribution in [0.15, 0.2) is 24.3 Å². The summed E-state index contributed by atoms with van der Waals surface area (Å²) in [5.41, 5.74) is 1.04. The van der Waals surface area contributed by atoms with Crippen LogP contribution in [0.3, 0.4) is 0 Å². The molecule has 1 aliphatic carbocycles. The van der Waals surface area contributed by atoms with Gasteiger partial charge < -0.3 is 15.2 Å². The van der Waals surface area contributed by atoms with Gasteiger partial charge in [-0.1, -0.05) is 13.8 Å². The van der Waals surface area contributed by atoms with Crippen molar-refractivity contribution in [1.29, 1.82) is 0 Å². The average Bonchev–Trinajstić information content (AvgIpc) is 2.31. The highest BCUT2D eigenvalue weighted by Crippen LogP contribution is 2.42. The summed E-state index contributed by atoms with van der Waals surface area (Å²) >= 11 is 0. The van der Waals surface area contributed by atoms with Crippen LogP contribution in [0.2, 0.25) is 0 Å². The summed E-state index contributed by atoms with van der Waals surface area (Å²) in [6, 6.07) is 8.31. The Balaban J connectivity index is 1.96. The summed E-state index contributed by atoms with van der Waals surface area (Å²) in [7, 11) is 0. The van der Waals surface area contributed by atoms with E-state index in [1.165, 1.54) is 0 Å². The monoisotopic (exact) mass is 235 g/mol. The van der Waals surface area contributed by atoms with E-state index in [-0.39, 0.29) is 11.5 Å². The third-order valence-corrected chi connectivity index (χ3v) is 3.72. The van der Waals surface area contributed by atoms with Gasteiger partial charge in [0.2, 0.25) is 0 Å². The molecule has 1 aromatic carbocycles. The van der Waals surface area contributed by atoms with Gasteiger partial charge in [0.15, 0.2) is 0 Å². The van der Waals surface area contributed by atoms with Gasteiger partial charge in [0.05, 0.1) is 12.7 Å². The predicted octanol–water partition coefficient (Wildman–Crippen LogP) is 2.66. The smallest absolute Gasteiger partial charge is 0.119 e. The van der Waals surface area contributed by atoms with E-state index in [0.717, 1.165) is 17.9 Å². The van der Waals surface area contributed by atoms with Gasteiger partial charge in [0.25, 0.3) is 0 Å². The van der Waals surface area contributed by atoms with Crippen LogP contribution in [-0.2, 0) is 0 Å². The van der Waals surface area contributed by atoms with Gasteiger partial charge in [-0.15, -0.1) is 0 Å². The molecule has 0 spiro atoms. The summed E-state index contributed by atoms with van der Waals surface area (Å²) in [6.45, 7) is 6.85. The second kappa shape index (κ2) is 4.57. The van der Waals surface area contributed by atoms with Gasteiger partial charge >= 0.3 is 0 Å². The zero-order valence-corrected chi connectivity index (χ0v) is 10.7. The van der Waals surface area contributed by atoms with Crippen LogP contribution in [0.5, 0.6) is 5.75 Å². The number of aliphatic hydroxyl groups excluding tert-OH is 1. The van der Waals surface area contributed by atoms with Crippen molar-refractivity contribution in [3.05, 3.63) is 24.3 Å². The fourth-order valence-electron chi connectivity index (χ4n) is 2.16. The minimum atomic E-state index is -0.192. The van der Waals surface area contributed by atoms with E-state index in [4.69, 9.17) is 4.74 Å². The van der Waals surface area contributed by atoms with E-state index >= 15 is 0 Å². The Morgan fingerprint density at radius 3 is 2.47 bits per heavy atom. The number of ether oxygens (including phenoxy) is 1. The van der Waals surface area contributed by atoms with Gasteiger partial charge in [0.1, 0.15) is 5.75 Å². The second-order valence-corrected chi connectivity index (χ2v) is 5.23.